The zero-order valence-electron chi connectivity index (χ0n) is 14.3. The zero-order chi connectivity index (χ0) is 17.5. The minimum Gasteiger partial charge on any atom is -0.497 e. The maximum atomic E-state index is 11.9. The molecule has 1 saturated carbocycles. The molecule has 1 fully saturated rings. The Balaban J connectivity index is 1.98. The van der Waals surface area contributed by atoms with Crippen molar-refractivity contribution in [1.29, 1.82) is 0 Å². The van der Waals surface area contributed by atoms with Crippen LogP contribution in [-0.2, 0) is 30.4 Å². The van der Waals surface area contributed by atoms with Gasteiger partial charge >= 0.3 is 11.9 Å². The van der Waals surface area contributed by atoms with E-state index in [4.69, 9.17) is 18.9 Å². The summed E-state index contributed by atoms with van der Waals surface area (Å²) in [4.78, 5) is 23.7. The van der Waals surface area contributed by atoms with Gasteiger partial charge < -0.3 is 18.9 Å². The number of esters is 2. The maximum Gasteiger partial charge on any atom is 0.308 e. The second kappa shape index (κ2) is 8.68. The van der Waals surface area contributed by atoms with Gasteiger partial charge in [0.1, 0.15) is 5.75 Å². The summed E-state index contributed by atoms with van der Waals surface area (Å²) < 4.78 is 20.7. The van der Waals surface area contributed by atoms with E-state index in [0.29, 0.717) is 25.9 Å². The van der Waals surface area contributed by atoms with Gasteiger partial charge in [-0.05, 0) is 37.0 Å². The lowest BCUT2D eigenvalue weighted by molar-refractivity contribution is -0.156. The first-order valence-corrected chi connectivity index (χ1v) is 7.97. The Morgan fingerprint density at radius 2 is 1.46 bits per heavy atom. The molecule has 6 heteroatoms. The second-order valence-electron chi connectivity index (χ2n) is 5.93. The van der Waals surface area contributed by atoms with Crippen LogP contribution < -0.4 is 4.74 Å². The Labute approximate surface area is 142 Å². The average Bonchev–Trinajstić information content (AvgIpc) is 2.65. The van der Waals surface area contributed by atoms with Gasteiger partial charge in [-0.15, -0.1) is 0 Å². The molecule has 0 N–H and O–H groups in total. The van der Waals surface area contributed by atoms with Crippen molar-refractivity contribution in [2.24, 2.45) is 11.8 Å². The lowest BCUT2D eigenvalue weighted by Crippen LogP contribution is -2.36. The molecule has 0 heterocycles. The highest BCUT2D eigenvalue weighted by Crippen LogP contribution is 2.33. The fraction of sp³-hybridized carbons (Fsp3) is 0.556. The number of hydrogen-bond donors (Lipinski definition) is 0. The van der Waals surface area contributed by atoms with E-state index in [9.17, 15) is 9.59 Å². The standard InChI is InChI=1S/C18H24O6/c1-21-15-6-4-12(5-7-15)11-24-16-9-13(17(19)22-2)8-14(10-16)18(20)23-3/h4-7,13-14,16H,8-11H2,1-3H3. The van der Waals surface area contributed by atoms with Gasteiger partial charge in [0.25, 0.3) is 0 Å². The van der Waals surface area contributed by atoms with E-state index in [1.807, 2.05) is 24.3 Å². The first-order valence-electron chi connectivity index (χ1n) is 7.97. The van der Waals surface area contributed by atoms with Gasteiger partial charge in [-0.2, -0.15) is 0 Å². The van der Waals surface area contributed by atoms with Crippen molar-refractivity contribution in [2.45, 2.75) is 32.0 Å². The van der Waals surface area contributed by atoms with E-state index in [2.05, 4.69) is 0 Å². The number of ether oxygens (including phenoxy) is 4. The molecule has 2 unspecified atom stereocenters. The summed E-state index contributed by atoms with van der Waals surface area (Å²) in [6, 6.07) is 7.59. The molecule has 24 heavy (non-hydrogen) atoms. The highest BCUT2D eigenvalue weighted by molar-refractivity contribution is 5.76. The molecule has 0 amide bonds. The van der Waals surface area contributed by atoms with Crippen LogP contribution in [0.4, 0.5) is 0 Å². The minimum atomic E-state index is -0.339. The lowest BCUT2D eigenvalue weighted by Gasteiger charge is -2.32. The Kier molecular flexibility index (Phi) is 6.61. The molecular formula is C18H24O6. The molecule has 1 aliphatic carbocycles. The van der Waals surface area contributed by atoms with Crippen LogP contribution in [0.25, 0.3) is 0 Å². The normalized spacial score (nSPS) is 23.4. The summed E-state index contributed by atoms with van der Waals surface area (Å²) in [5, 5.41) is 0. The van der Waals surface area contributed by atoms with Crippen molar-refractivity contribution >= 4 is 11.9 Å². The van der Waals surface area contributed by atoms with Gasteiger partial charge in [-0.3, -0.25) is 9.59 Å². The first-order chi connectivity index (χ1) is 11.6. The molecule has 0 spiro atoms. The fourth-order valence-corrected chi connectivity index (χ4v) is 3.06. The van der Waals surface area contributed by atoms with Crippen LogP contribution in [0.5, 0.6) is 5.75 Å². The molecule has 0 bridgehead atoms. The third-order valence-electron chi connectivity index (χ3n) is 4.38. The van der Waals surface area contributed by atoms with Crippen LogP contribution in [-0.4, -0.2) is 39.4 Å². The van der Waals surface area contributed by atoms with Crippen molar-refractivity contribution in [1.82, 2.24) is 0 Å². The SMILES string of the molecule is COC(=O)C1CC(OCc2ccc(OC)cc2)CC(C(=O)OC)C1. The molecule has 1 aromatic carbocycles. The Morgan fingerprint density at radius 1 is 0.917 bits per heavy atom. The summed E-state index contributed by atoms with van der Waals surface area (Å²) in [5.74, 6) is -0.501. The quantitative estimate of drug-likeness (QED) is 0.743. The summed E-state index contributed by atoms with van der Waals surface area (Å²) in [7, 11) is 4.34. The monoisotopic (exact) mass is 336 g/mol. The minimum absolute atomic E-state index is 0.186. The van der Waals surface area contributed by atoms with Gasteiger partial charge in [0, 0.05) is 0 Å². The highest BCUT2D eigenvalue weighted by atomic mass is 16.5. The van der Waals surface area contributed by atoms with E-state index >= 15 is 0 Å². The van der Waals surface area contributed by atoms with E-state index in [1.165, 1.54) is 14.2 Å². The van der Waals surface area contributed by atoms with E-state index in [1.54, 1.807) is 7.11 Å². The largest absolute Gasteiger partial charge is 0.497 e. The predicted octanol–water partition coefficient (Wildman–Crippen LogP) is 2.34. The fourth-order valence-electron chi connectivity index (χ4n) is 3.06. The number of hydrogen-bond acceptors (Lipinski definition) is 6. The second-order valence-corrected chi connectivity index (χ2v) is 5.93. The Bertz CT molecular complexity index is 529. The Hall–Kier alpha value is -2.08. The number of methoxy groups -OCH3 is 3. The molecule has 1 aromatic rings. The van der Waals surface area contributed by atoms with Gasteiger partial charge in [0.15, 0.2) is 0 Å². The molecule has 1 aliphatic rings. The molecule has 0 aromatic heterocycles. The summed E-state index contributed by atoms with van der Waals surface area (Å²) >= 11 is 0. The molecular weight excluding hydrogens is 312 g/mol. The van der Waals surface area contributed by atoms with Crippen molar-refractivity contribution in [3.05, 3.63) is 29.8 Å². The van der Waals surface area contributed by atoms with Gasteiger partial charge in [-0.25, -0.2) is 0 Å². The first kappa shape index (κ1) is 18.3. The number of carbonyl (C=O) groups excluding carboxylic acids is 2. The number of carbonyl (C=O) groups is 2. The Morgan fingerprint density at radius 3 is 1.92 bits per heavy atom. The average molecular weight is 336 g/mol. The molecule has 0 saturated heterocycles. The summed E-state index contributed by atoms with van der Waals surface area (Å²) in [6.45, 7) is 0.413. The number of benzene rings is 1. The molecule has 0 radical (unpaired) electrons. The molecule has 2 atom stereocenters. The van der Waals surface area contributed by atoms with Crippen LogP contribution in [0.15, 0.2) is 24.3 Å². The van der Waals surface area contributed by atoms with Gasteiger partial charge in [0.2, 0.25) is 0 Å². The summed E-state index contributed by atoms with van der Waals surface area (Å²) in [6.07, 6.45) is 1.36. The lowest BCUT2D eigenvalue weighted by atomic mass is 9.79. The molecule has 6 nitrogen and oxygen atoms in total. The van der Waals surface area contributed by atoms with E-state index in [0.717, 1.165) is 11.3 Å². The van der Waals surface area contributed by atoms with Crippen molar-refractivity contribution < 1.29 is 28.5 Å². The third-order valence-corrected chi connectivity index (χ3v) is 4.38. The predicted molar refractivity (Wildman–Crippen MR) is 86.4 cm³/mol. The number of rotatable bonds is 6. The van der Waals surface area contributed by atoms with Crippen molar-refractivity contribution in [3.63, 3.8) is 0 Å². The third kappa shape index (κ3) is 4.71. The van der Waals surface area contributed by atoms with Crippen LogP contribution in [0.2, 0.25) is 0 Å². The smallest absolute Gasteiger partial charge is 0.308 e. The van der Waals surface area contributed by atoms with Crippen LogP contribution >= 0.6 is 0 Å². The van der Waals surface area contributed by atoms with Crippen molar-refractivity contribution in [2.75, 3.05) is 21.3 Å². The maximum absolute atomic E-state index is 11.9. The zero-order valence-corrected chi connectivity index (χ0v) is 14.3. The van der Waals surface area contributed by atoms with Crippen LogP contribution in [0.3, 0.4) is 0 Å². The highest BCUT2D eigenvalue weighted by Gasteiger charge is 2.37. The van der Waals surface area contributed by atoms with Crippen LogP contribution in [0.1, 0.15) is 24.8 Å². The van der Waals surface area contributed by atoms with Gasteiger partial charge in [0.05, 0.1) is 45.9 Å². The van der Waals surface area contributed by atoms with Gasteiger partial charge in [-0.1, -0.05) is 12.1 Å². The summed E-state index contributed by atoms with van der Waals surface area (Å²) in [5.41, 5.74) is 1.01. The van der Waals surface area contributed by atoms with E-state index < -0.39 is 0 Å². The van der Waals surface area contributed by atoms with Crippen molar-refractivity contribution in [3.8, 4) is 5.75 Å². The van der Waals surface area contributed by atoms with Crippen LogP contribution in [0, 0.1) is 11.8 Å². The van der Waals surface area contributed by atoms with E-state index in [-0.39, 0.29) is 29.9 Å². The molecule has 132 valence electrons. The molecule has 2 rings (SSSR count). The molecule has 0 aliphatic heterocycles. The topological polar surface area (TPSA) is 71.1 Å².